The summed E-state index contributed by atoms with van der Waals surface area (Å²) < 4.78 is 5.09. The topological polar surface area (TPSA) is 80.4 Å². The van der Waals surface area contributed by atoms with Crippen molar-refractivity contribution in [1.29, 1.82) is 0 Å². The molecule has 0 bridgehead atoms. The molecule has 0 atom stereocenters. The Morgan fingerprint density at radius 3 is 2.93 bits per heavy atom. The van der Waals surface area contributed by atoms with Gasteiger partial charge in [-0.1, -0.05) is 0 Å². The van der Waals surface area contributed by atoms with Gasteiger partial charge in [0.05, 0.1) is 31.2 Å². The second kappa shape index (κ2) is 6.21. The number of aromatic nitrogens is 1. The number of nitrogens with two attached hydrogens (primary N) is 1. The van der Waals surface area contributed by atoms with Crippen molar-refractivity contribution in [3.05, 3.63) is 17.8 Å². The second-order valence-electron chi connectivity index (χ2n) is 3.13. The molecule has 1 aromatic heterocycles. The van der Waals surface area contributed by atoms with Crippen molar-refractivity contribution < 1.29 is 9.84 Å². The van der Waals surface area contributed by atoms with Crippen LogP contribution in [0.2, 0.25) is 0 Å². The minimum atomic E-state index is 0.0548. The van der Waals surface area contributed by atoms with Crippen LogP contribution in [0.1, 0.15) is 5.69 Å². The maximum absolute atomic E-state index is 8.48. The molecule has 0 aliphatic carbocycles. The largest absolute Gasteiger partial charge is 0.397 e. The molecule has 0 saturated carbocycles. The number of anilines is 2. The number of nitrogens with one attached hydrogen (secondary N) is 1. The van der Waals surface area contributed by atoms with E-state index < -0.39 is 0 Å². The van der Waals surface area contributed by atoms with Gasteiger partial charge in [-0.25, -0.2) is 4.98 Å². The molecule has 0 aliphatic rings. The first kappa shape index (κ1) is 11.7. The fraction of sp³-hybridized carbons (Fsp3) is 0.500. The van der Waals surface area contributed by atoms with Gasteiger partial charge in [0.1, 0.15) is 5.82 Å². The summed E-state index contributed by atoms with van der Waals surface area (Å²) in [6.45, 7) is 3.50. The van der Waals surface area contributed by atoms with Crippen LogP contribution in [-0.2, 0) is 4.74 Å². The molecule has 15 heavy (non-hydrogen) atoms. The monoisotopic (exact) mass is 211 g/mol. The lowest BCUT2D eigenvalue weighted by molar-refractivity contribution is 0.0992. The van der Waals surface area contributed by atoms with Crippen LogP contribution in [-0.4, -0.2) is 36.5 Å². The van der Waals surface area contributed by atoms with Crippen LogP contribution in [0.4, 0.5) is 11.5 Å². The Kier molecular flexibility index (Phi) is 4.86. The molecular formula is C10H17N3O2. The summed E-state index contributed by atoms with van der Waals surface area (Å²) in [5.74, 6) is 0.786. The van der Waals surface area contributed by atoms with E-state index >= 15 is 0 Å². The molecule has 0 amide bonds. The summed E-state index contributed by atoms with van der Waals surface area (Å²) in [6, 6.07) is 3.65. The molecule has 0 aromatic carbocycles. The van der Waals surface area contributed by atoms with Crippen LogP contribution in [0.15, 0.2) is 12.1 Å². The molecule has 1 aromatic rings. The minimum Gasteiger partial charge on any atom is -0.397 e. The standard InChI is InChI=1S/C10H17N3O2/c1-8-9(11)2-3-10(13-8)12-4-6-15-7-5-14/h2-3,14H,4-7,11H2,1H3,(H,12,13). The zero-order valence-corrected chi connectivity index (χ0v) is 8.86. The predicted molar refractivity (Wildman–Crippen MR) is 59.8 cm³/mol. The minimum absolute atomic E-state index is 0.0548. The van der Waals surface area contributed by atoms with Crippen LogP contribution in [0, 0.1) is 6.92 Å². The second-order valence-corrected chi connectivity index (χ2v) is 3.13. The number of aliphatic hydroxyl groups excluding tert-OH is 1. The van der Waals surface area contributed by atoms with Gasteiger partial charge in [0, 0.05) is 6.54 Å². The summed E-state index contributed by atoms with van der Waals surface area (Å²) in [6.07, 6.45) is 0. The van der Waals surface area contributed by atoms with Crippen LogP contribution in [0.5, 0.6) is 0 Å². The number of hydrogen-bond acceptors (Lipinski definition) is 5. The smallest absolute Gasteiger partial charge is 0.126 e. The first-order valence-electron chi connectivity index (χ1n) is 4.89. The molecule has 0 aliphatic heterocycles. The van der Waals surface area contributed by atoms with E-state index in [-0.39, 0.29) is 6.61 Å². The van der Waals surface area contributed by atoms with E-state index in [0.717, 1.165) is 11.5 Å². The highest BCUT2D eigenvalue weighted by atomic mass is 16.5. The van der Waals surface area contributed by atoms with Gasteiger partial charge in [0.2, 0.25) is 0 Å². The number of aryl methyl sites for hydroxylation is 1. The lowest BCUT2D eigenvalue weighted by Crippen LogP contribution is -2.12. The normalized spacial score (nSPS) is 10.3. The number of pyridine rings is 1. The first-order valence-corrected chi connectivity index (χ1v) is 4.89. The Morgan fingerprint density at radius 1 is 1.47 bits per heavy atom. The van der Waals surface area contributed by atoms with E-state index in [1.54, 1.807) is 0 Å². The van der Waals surface area contributed by atoms with Crippen LogP contribution in [0.3, 0.4) is 0 Å². The van der Waals surface area contributed by atoms with Crippen molar-refractivity contribution in [3.8, 4) is 0 Å². The van der Waals surface area contributed by atoms with Gasteiger partial charge in [-0.05, 0) is 19.1 Å². The number of nitrogens with zero attached hydrogens (tertiary/aromatic N) is 1. The molecule has 0 radical (unpaired) electrons. The molecular weight excluding hydrogens is 194 g/mol. The number of ether oxygens (including phenoxy) is 1. The third kappa shape index (κ3) is 4.14. The fourth-order valence-electron chi connectivity index (χ4n) is 1.09. The Bertz CT molecular complexity index is 305. The third-order valence-electron chi connectivity index (χ3n) is 1.91. The average Bonchev–Trinajstić information content (AvgIpc) is 2.23. The van der Waals surface area contributed by atoms with Gasteiger partial charge in [-0.3, -0.25) is 0 Å². The van der Waals surface area contributed by atoms with Gasteiger partial charge < -0.3 is 20.9 Å². The van der Waals surface area contributed by atoms with Gasteiger partial charge in [0.15, 0.2) is 0 Å². The molecule has 0 unspecified atom stereocenters. The Labute approximate surface area is 89.3 Å². The van der Waals surface area contributed by atoms with Gasteiger partial charge in [-0.2, -0.15) is 0 Å². The van der Waals surface area contributed by atoms with Crippen molar-refractivity contribution in [2.75, 3.05) is 37.4 Å². The molecule has 4 N–H and O–H groups in total. The molecule has 0 spiro atoms. The van der Waals surface area contributed by atoms with Crippen molar-refractivity contribution in [2.24, 2.45) is 0 Å². The lowest BCUT2D eigenvalue weighted by Gasteiger charge is -2.07. The highest BCUT2D eigenvalue weighted by Gasteiger charge is 1.97. The van der Waals surface area contributed by atoms with Crippen molar-refractivity contribution in [2.45, 2.75) is 6.92 Å². The Balaban J connectivity index is 2.28. The van der Waals surface area contributed by atoms with E-state index in [1.165, 1.54) is 0 Å². The van der Waals surface area contributed by atoms with Crippen molar-refractivity contribution >= 4 is 11.5 Å². The molecule has 0 fully saturated rings. The van der Waals surface area contributed by atoms with Crippen LogP contribution >= 0.6 is 0 Å². The number of aliphatic hydroxyl groups is 1. The summed E-state index contributed by atoms with van der Waals surface area (Å²) in [4.78, 5) is 4.25. The molecule has 5 nitrogen and oxygen atoms in total. The SMILES string of the molecule is Cc1nc(NCCOCCO)ccc1N. The summed E-state index contributed by atoms with van der Waals surface area (Å²) in [7, 11) is 0. The van der Waals surface area contributed by atoms with Gasteiger partial charge >= 0.3 is 0 Å². The van der Waals surface area contributed by atoms with Gasteiger partial charge in [0.25, 0.3) is 0 Å². The highest BCUT2D eigenvalue weighted by Crippen LogP contribution is 2.11. The molecule has 0 saturated heterocycles. The van der Waals surface area contributed by atoms with E-state index in [0.29, 0.717) is 25.4 Å². The number of nitrogen functional groups attached to an aromatic ring is 1. The predicted octanol–water partition coefficient (Wildman–Crippen LogP) is 0.393. The van der Waals surface area contributed by atoms with Crippen molar-refractivity contribution in [1.82, 2.24) is 4.98 Å². The third-order valence-corrected chi connectivity index (χ3v) is 1.91. The van der Waals surface area contributed by atoms with E-state index in [9.17, 15) is 0 Å². The molecule has 1 rings (SSSR count). The molecule has 1 heterocycles. The maximum atomic E-state index is 8.48. The Morgan fingerprint density at radius 2 is 2.27 bits per heavy atom. The quantitative estimate of drug-likeness (QED) is 0.593. The van der Waals surface area contributed by atoms with Crippen molar-refractivity contribution in [3.63, 3.8) is 0 Å². The summed E-state index contributed by atoms with van der Waals surface area (Å²) in [5, 5.41) is 11.6. The first-order chi connectivity index (χ1) is 7.24. The molecule has 84 valence electrons. The zero-order valence-electron chi connectivity index (χ0n) is 8.86. The summed E-state index contributed by atoms with van der Waals surface area (Å²) in [5.41, 5.74) is 7.15. The van der Waals surface area contributed by atoms with Crippen LogP contribution < -0.4 is 11.1 Å². The highest BCUT2D eigenvalue weighted by molar-refractivity contribution is 5.48. The summed E-state index contributed by atoms with van der Waals surface area (Å²) >= 11 is 0. The molecule has 5 heteroatoms. The van der Waals surface area contributed by atoms with Gasteiger partial charge in [-0.15, -0.1) is 0 Å². The average molecular weight is 211 g/mol. The van der Waals surface area contributed by atoms with Crippen LogP contribution in [0.25, 0.3) is 0 Å². The Hall–Kier alpha value is -1.33. The number of rotatable bonds is 6. The van der Waals surface area contributed by atoms with E-state index in [4.69, 9.17) is 15.6 Å². The van der Waals surface area contributed by atoms with E-state index in [1.807, 2.05) is 19.1 Å². The fourth-order valence-corrected chi connectivity index (χ4v) is 1.09. The zero-order chi connectivity index (χ0) is 11.1. The maximum Gasteiger partial charge on any atom is 0.126 e. The number of hydrogen-bond donors (Lipinski definition) is 3. The van der Waals surface area contributed by atoms with E-state index in [2.05, 4.69) is 10.3 Å². The lowest BCUT2D eigenvalue weighted by atomic mass is 10.3.